The van der Waals surface area contributed by atoms with Crippen LogP contribution in [-0.4, -0.2) is 13.2 Å². The zero-order valence-corrected chi connectivity index (χ0v) is 12.4. The molecule has 0 aliphatic rings. The van der Waals surface area contributed by atoms with Crippen molar-refractivity contribution in [1.82, 2.24) is 0 Å². The molecule has 3 aromatic carbocycles. The summed E-state index contributed by atoms with van der Waals surface area (Å²) in [7, 11) is 0. The van der Waals surface area contributed by atoms with Gasteiger partial charge in [-0.25, -0.2) is 0 Å². The van der Waals surface area contributed by atoms with Gasteiger partial charge in [0.2, 0.25) is 0 Å². The van der Waals surface area contributed by atoms with Gasteiger partial charge in [-0.2, -0.15) is 0 Å². The van der Waals surface area contributed by atoms with E-state index in [2.05, 4.69) is 37.4 Å². The van der Waals surface area contributed by atoms with Crippen LogP contribution >= 0.6 is 0 Å². The Morgan fingerprint density at radius 1 is 0.682 bits per heavy atom. The van der Waals surface area contributed by atoms with Gasteiger partial charge in [0.15, 0.2) is 11.5 Å². The first-order chi connectivity index (χ1) is 10.8. The summed E-state index contributed by atoms with van der Waals surface area (Å²) in [5, 5.41) is 4.68. The van der Waals surface area contributed by atoms with E-state index in [9.17, 15) is 0 Å². The standard InChI is InChI=1S/C20H18O2/c1-3-9-21-19-13-17-11-15-7-5-6-8-16(15)12-18(17)14-20(19)22-10-4-2/h3-8,11-14H,1-2,9-10H2. The van der Waals surface area contributed by atoms with Crippen molar-refractivity contribution < 1.29 is 9.47 Å². The second kappa shape index (κ2) is 6.35. The van der Waals surface area contributed by atoms with Gasteiger partial charge in [-0.1, -0.05) is 49.6 Å². The van der Waals surface area contributed by atoms with Crippen molar-refractivity contribution in [2.75, 3.05) is 13.2 Å². The first-order valence-electron chi connectivity index (χ1n) is 7.26. The number of rotatable bonds is 6. The minimum atomic E-state index is 0.448. The molecule has 0 N–H and O–H groups in total. The van der Waals surface area contributed by atoms with Crippen molar-refractivity contribution in [2.24, 2.45) is 0 Å². The fourth-order valence-corrected chi connectivity index (χ4v) is 2.47. The Hall–Kier alpha value is -2.74. The van der Waals surface area contributed by atoms with Crippen molar-refractivity contribution in [3.63, 3.8) is 0 Å². The zero-order chi connectivity index (χ0) is 15.4. The molecule has 110 valence electrons. The highest BCUT2D eigenvalue weighted by molar-refractivity contribution is 5.99. The molecule has 0 saturated heterocycles. The van der Waals surface area contributed by atoms with E-state index in [1.165, 1.54) is 10.8 Å². The summed E-state index contributed by atoms with van der Waals surface area (Å²) in [4.78, 5) is 0. The fourth-order valence-electron chi connectivity index (χ4n) is 2.47. The van der Waals surface area contributed by atoms with E-state index >= 15 is 0 Å². The van der Waals surface area contributed by atoms with E-state index < -0.39 is 0 Å². The first kappa shape index (κ1) is 14.2. The van der Waals surface area contributed by atoms with E-state index in [0.29, 0.717) is 13.2 Å². The van der Waals surface area contributed by atoms with E-state index in [1.807, 2.05) is 24.3 Å². The lowest BCUT2D eigenvalue weighted by Crippen LogP contribution is -1.99. The number of ether oxygens (including phenoxy) is 2. The summed E-state index contributed by atoms with van der Waals surface area (Å²) in [6, 6.07) is 16.7. The molecule has 2 nitrogen and oxygen atoms in total. The molecule has 0 spiro atoms. The summed E-state index contributed by atoms with van der Waals surface area (Å²) in [5.41, 5.74) is 0. The van der Waals surface area contributed by atoms with Crippen molar-refractivity contribution in [1.29, 1.82) is 0 Å². The SMILES string of the molecule is C=CCOc1cc2cc3ccccc3cc2cc1OCC=C. The summed E-state index contributed by atoms with van der Waals surface area (Å²) in [6.45, 7) is 8.27. The minimum Gasteiger partial charge on any atom is -0.486 e. The summed E-state index contributed by atoms with van der Waals surface area (Å²) >= 11 is 0. The van der Waals surface area contributed by atoms with Gasteiger partial charge in [0.05, 0.1) is 0 Å². The molecule has 3 rings (SSSR count). The van der Waals surface area contributed by atoms with Crippen LogP contribution in [0.5, 0.6) is 11.5 Å². The monoisotopic (exact) mass is 290 g/mol. The van der Waals surface area contributed by atoms with Crippen LogP contribution in [0.3, 0.4) is 0 Å². The molecule has 0 unspecified atom stereocenters. The van der Waals surface area contributed by atoms with Gasteiger partial charge < -0.3 is 9.47 Å². The normalized spacial score (nSPS) is 10.5. The quantitative estimate of drug-likeness (QED) is 0.463. The van der Waals surface area contributed by atoms with Crippen LogP contribution in [0, 0.1) is 0 Å². The average Bonchev–Trinajstić information content (AvgIpc) is 2.55. The highest BCUT2D eigenvalue weighted by atomic mass is 16.5. The Balaban J connectivity index is 2.14. The molecule has 22 heavy (non-hydrogen) atoms. The maximum atomic E-state index is 5.73. The lowest BCUT2D eigenvalue weighted by atomic mass is 10.0. The Bertz CT molecular complexity index is 764. The molecule has 0 aromatic heterocycles. The van der Waals surface area contributed by atoms with Crippen LogP contribution in [0.4, 0.5) is 0 Å². The van der Waals surface area contributed by atoms with Crippen LogP contribution < -0.4 is 9.47 Å². The largest absolute Gasteiger partial charge is 0.486 e. The summed E-state index contributed by atoms with van der Waals surface area (Å²) < 4.78 is 11.5. The Labute approximate surface area is 130 Å². The molecule has 0 heterocycles. The van der Waals surface area contributed by atoms with Crippen molar-refractivity contribution >= 4 is 21.5 Å². The van der Waals surface area contributed by atoms with Crippen LogP contribution in [0.25, 0.3) is 21.5 Å². The first-order valence-corrected chi connectivity index (χ1v) is 7.26. The topological polar surface area (TPSA) is 18.5 Å². The minimum absolute atomic E-state index is 0.448. The Morgan fingerprint density at radius 3 is 1.55 bits per heavy atom. The van der Waals surface area contributed by atoms with Crippen LogP contribution in [0.15, 0.2) is 73.8 Å². The maximum absolute atomic E-state index is 5.73. The molecule has 0 saturated carbocycles. The van der Waals surface area contributed by atoms with Gasteiger partial charge in [-0.3, -0.25) is 0 Å². The van der Waals surface area contributed by atoms with Gasteiger partial charge in [-0.05, 0) is 45.8 Å². The molecule has 2 heteroatoms. The predicted octanol–water partition coefficient (Wildman–Crippen LogP) is 5.12. The molecule has 0 aliphatic heterocycles. The van der Waals surface area contributed by atoms with Crippen molar-refractivity contribution in [3.8, 4) is 11.5 Å². The van der Waals surface area contributed by atoms with Crippen LogP contribution in [0.1, 0.15) is 0 Å². The fraction of sp³-hybridized carbons (Fsp3) is 0.100. The highest BCUT2D eigenvalue weighted by Crippen LogP contribution is 2.34. The second-order valence-corrected chi connectivity index (χ2v) is 5.04. The van der Waals surface area contributed by atoms with Gasteiger partial charge in [-0.15, -0.1) is 0 Å². The molecule has 3 aromatic rings. The van der Waals surface area contributed by atoms with Crippen molar-refractivity contribution in [2.45, 2.75) is 0 Å². The smallest absolute Gasteiger partial charge is 0.162 e. The van der Waals surface area contributed by atoms with E-state index in [0.717, 1.165) is 22.3 Å². The number of benzene rings is 3. The van der Waals surface area contributed by atoms with Gasteiger partial charge in [0, 0.05) is 0 Å². The van der Waals surface area contributed by atoms with Gasteiger partial charge >= 0.3 is 0 Å². The number of fused-ring (bicyclic) bond motifs is 2. The molecule has 0 bridgehead atoms. The molecular formula is C20H18O2. The molecule has 0 fully saturated rings. The van der Waals surface area contributed by atoms with Crippen molar-refractivity contribution in [3.05, 3.63) is 73.8 Å². The number of hydrogen-bond donors (Lipinski definition) is 0. The third kappa shape index (κ3) is 2.82. The Kier molecular flexibility index (Phi) is 4.10. The van der Waals surface area contributed by atoms with E-state index in [-0.39, 0.29) is 0 Å². The van der Waals surface area contributed by atoms with E-state index in [4.69, 9.17) is 9.47 Å². The van der Waals surface area contributed by atoms with Gasteiger partial charge in [0.1, 0.15) is 13.2 Å². The molecule has 0 radical (unpaired) electrons. The zero-order valence-electron chi connectivity index (χ0n) is 12.4. The third-order valence-electron chi connectivity index (χ3n) is 3.48. The highest BCUT2D eigenvalue weighted by Gasteiger charge is 2.08. The van der Waals surface area contributed by atoms with Crippen LogP contribution in [-0.2, 0) is 0 Å². The third-order valence-corrected chi connectivity index (χ3v) is 3.48. The second-order valence-electron chi connectivity index (χ2n) is 5.04. The molecule has 0 aliphatic carbocycles. The predicted molar refractivity (Wildman–Crippen MR) is 92.8 cm³/mol. The molecule has 0 amide bonds. The maximum Gasteiger partial charge on any atom is 0.162 e. The summed E-state index contributed by atoms with van der Waals surface area (Å²) in [5.74, 6) is 1.45. The molecule has 0 atom stereocenters. The van der Waals surface area contributed by atoms with E-state index in [1.54, 1.807) is 12.2 Å². The Morgan fingerprint density at radius 2 is 1.14 bits per heavy atom. The number of hydrogen-bond acceptors (Lipinski definition) is 2. The lowest BCUT2D eigenvalue weighted by Gasteiger charge is -2.13. The van der Waals surface area contributed by atoms with Crippen LogP contribution in [0.2, 0.25) is 0 Å². The van der Waals surface area contributed by atoms with Gasteiger partial charge in [0.25, 0.3) is 0 Å². The lowest BCUT2D eigenvalue weighted by molar-refractivity contribution is 0.309. The summed E-state index contributed by atoms with van der Waals surface area (Å²) in [6.07, 6.45) is 3.45. The molecular weight excluding hydrogens is 272 g/mol. The average molecular weight is 290 g/mol.